The second-order valence-electron chi connectivity index (χ2n) is 5.95. The molecule has 0 spiro atoms. The monoisotopic (exact) mass is 382 g/mol. The summed E-state index contributed by atoms with van der Waals surface area (Å²) in [5.74, 6) is -1.37. The summed E-state index contributed by atoms with van der Waals surface area (Å²) in [7, 11) is -1.28. The van der Waals surface area contributed by atoms with E-state index in [-0.39, 0.29) is 17.2 Å². The molecule has 1 atom stereocenters. The quantitative estimate of drug-likeness (QED) is 0.519. The molecule has 0 saturated carbocycles. The molecule has 1 fully saturated rings. The Balaban J connectivity index is 1.84. The predicted octanol–water partition coefficient (Wildman–Crippen LogP) is 0.251. The summed E-state index contributed by atoms with van der Waals surface area (Å²) in [4.78, 5) is 24.2. The highest BCUT2D eigenvalue weighted by molar-refractivity contribution is 8.00. The number of hydrogen-bond donors (Lipinski definition) is 4. The molecule has 25 heavy (non-hydrogen) atoms. The second kappa shape index (κ2) is 7.90. The van der Waals surface area contributed by atoms with E-state index in [4.69, 9.17) is 4.65 Å². The van der Waals surface area contributed by atoms with Gasteiger partial charge in [0.25, 0.3) is 0 Å². The standard InChI is InChI=1S/C15H19BN2O5S2/c1-24-7-12(19)18-11-4-8-2-3-10(25-9-5-17-6-9)13(15(20)21)14(8)23-16(11)22/h2-3,9,11,17,22H,4-7H2,1H3,(H,18,19)(H,20,21). The van der Waals surface area contributed by atoms with Gasteiger partial charge in [0, 0.05) is 23.2 Å². The lowest BCUT2D eigenvalue weighted by Gasteiger charge is -2.31. The van der Waals surface area contributed by atoms with Crippen LogP contribution in [0.4, 0.5) is 0 Å². The summed E-state index contributed by atoms with van der Waals surface area (Å²) in [5, 5.41) is 26.1. The summed E-state index contributed by atoms with van der Waals surface area (Å²) in [6.07, 6.45) is 2.14. The summed E-state index contributed by atoms with van der Waals surface area (Å²) < 4.78 is 5.51. The maximum atomic E-state index is 11.8. The van der Waals surface area contributed by atoms with Gasteiger partial charge in [0.15, 0.2) is 0 Å². The van der Waals surface area contributed by atoms with Gasteiger partial charge in [0.2, 0.25) is 5.91 Å². The number of aromatic carboxylic acids is 1. The van der Waals surface area contributed by atoms with Crippen LogP contribution in [0.2, 0.25) is 0 Å². The minimum absolute atomic E-state index is 0.0855. The van der Waals surface area contributed by atoms with Gasteiger partial charge in [-0.25, -0.2) is 4.79 Å². The topological polar surface area (TPSA) is 108 Å². The van der Waals surface area contributed by atoms with Gasteiger partial charge in [-0.2, -0.15) is 11.8 Å². The van der Waals surface area contributed by atoms with Crippen molar-refractivity contribution in [1.82, 2.24) is 10.6 Å². The van der Waals surface area contributed by atoms with E-state index in [1.54, 1.807) is 6.07 Å². The van der Waals surface area contributed by atoms with E-state index in [0.717, 1.165) is 13.1 Å². The number of nitrogens with one attached hydrogen (secondary N) is 2. The Morgan fingerprint density at radius 1 is 1.44 bits per heavy atom. The highest BCUT2D eigenvalue weighted by Crippen LogP contribution is 2.38. The van der Waals surface area contributed by atoms with Crippen LogP contribution in [0, 0.1) is 0 Å². The largest absolute Gasteiger partial charge is 0.547 e. The normalized spacial score (nSPS) is 19.6. The van der Waals surface area contributed by atoms with Gasteiger partial charge in [-0.3, -0.25) is 4.79 Å². The van der Waals surface area contributed by atoms with Gasteiger partial charge < -0.3 is 25.4 Å². The lowest BCUT2D eigenvalue weighted by molar-refractivity contribution is -0.118. The van der Waals surface area contributed by atoms with Crippen molar-refractivity contribution in [1.29, 1.82) is 0 Å². The molecule has 1 saturated heterocycles. The zero-order valence-electron chi connectivity index (χ0n) is 13.7. The summed E-state index contributed by atoms with van der Waals surface area (Å²) in [6, 6.07) is 3.60. The minimum atomic E-state index is -1.28. The van der Waals surface area contributed by atoms with Crippen molar-refractivity contribution in [2.75, 3.05) is 25.1 Å². The average Bonchev–Trinajstić information content (AvgIpc) is 2.51. The Morgan fingerprint density at radius 3 is 2.80 bits per heavy atom. The molecular weight excluding hydrogens is 363 g/mol. The molecule has 1 aromatic rings. The first-order chi connectivity index (χ1) is 12.0. The summed E-state index contributed by atoms with van der Waals surface area (Å²) >= 11 is 2.89. The van der Waals surface area contributed by atoms with Crippen molar-refractivity contribution in [3.8, 4) is 5.75 Å². The van der Waals surface area contributed by atoms with Crippen LogP contribution in [0.3, 0.4) is 0 Å². The number of carbonyl (C=O) groups is 2. The Morgan fingerprint density at radius 2 is 2.20 bits per heavy atom. The molecule has 0 aliphatic carbocycles. The predicted molar refractivity (Wildman–Crippen MR) is 98.5 cm³/mol. The zero-order valence-corrected chi connectivity index (χ0v) is 15.3. The SMILES string of the molecule is CSCC(=O)NC1Cc2ccc(SC3CNC3)c(C(=O)O)c2OB1O. The van der Waals surface area contributed by atoms with E-state index in [2.05, 4.69) is 10.6 Å². The Kier molecular flexibility index (Phi) is 5.83. The zero-order chi connectivity index (χ0) is 18.0. The fourth-order valence-corrected chi connectivity index (χ4v) is 4.32. The number of rotatable bonds is 6. The van der Waals surface area contributed by atoms with Gasteiger partial charge >= 0.3 is 13.1 Å². The molecule has 1 amide bonds. The number of carboxylic acid groups (broad SMARTS) is 1. The molecule has 3 rings (SSSR count). The summed E-state index contributed by atoms with van der Waals surface area (Å²) in [6.45, 7) is 1.68. The van der Waals surface area contributed by atoms with Crippen LogP contribution in [-0.4, -0.2) is 65.4 Å². The molecule has 2 aliphatic heterocycles. The molecule has 0 aromatic heterocycles. The van der Waals surface area contributed by atoms with E-state index in [1.165, 1.54) is 23.5 Å². The first kappa shape index (κ1) is 18.4. The molecule has 0 bridgehead atoms. The van der Waals surface area contributed by atoms with Crippen LogP contribution in [-0.2, 0) is 11.2 Å². The Labute approximate surface area is 154 Å². The number of thioether (sulfide) groups is 2. The maximum Gasteiger partial charge on any atom is 0.547 e. The molecule has 7 nitrogen and oxygen atoms in total. The lowest BCUT2D eigenvalue weighted by atomic mass is 9.72. The van der Waals surface area contributed by atoms with Crippen molar-refractivity contribution < 1.29 is 24.4 Å². The Bertz CT molecular complexity index is 686. The van der Waals surface area contributed by atoms with Gasteiger partial charge in [-0.1, -0.05) is 6.07 Å². The maximum absolute atomic E-state index is 11.8. The first-order valence-electron chi connectivity index (χ1n) is 7.89. The van der Waals surface area contributed by atoms with Crippen LogP contribution in [0.25, 0.3) is 0 Å². The minimum Gasteiger partial charge on any atom is -0.534 e. The molecule has 4 N–H and O–H groups in total. The third-order valence-electron chi connectivity index (χ3n) is 4.10. The average molecular weight is 382 g/mol. The highest BCUT2D eigenvalue weighted by atomic mass is 32.2. The molecule has 0 radical (unpaired) electrons. The van der Waals surface area contributed by atoms with Crippen LogP contribution >= 0.6 is 23.5 Å². The van der Waals surface area contributed by atoms with E-state index < -0.39 is 19.0 Å². The number of carbonyl (C=O) groups excluding carboxylic acids is 1. The fourth-order valence-electron chi connectivity index (χ4n) is 2.77. The molecular formula is C15H19BN2O5S2. The molecule has 134 valence electrons. The number of benzene rings is 1. The number of amides is 1. The van der Waals surface area contributed by atoms with Crippen LogP contribution in [0.1, 0.15) is 15.9 Å². The van der Waals surface area contributed by atoms with Crippen molar-refractivity contribution in [3.63, 3.8) is 0 Å². The fraction of sp³-hybridized carbons (Fsp3) is 0.467. The Hall–Kier alpha value is -1.36. The van der Waals surface area contributed by atoms with Crippen molar-refractivity contribution >= 4 is 42.5 Å². The smallest absolute Gasteiger partial charge is 0.534 e. The van der Waals surface area contributed by atoms with Crippen LogP contribution < -0.4 is 15.3 Å². The third kappa shape index (κ3) is 4.08. The molecule has 10 heteroatoms. The van der Waals surface area contributed by atoms with Gasteiger partial charge in [0.1, 0.15) is 11.3 Å². The number of hydrogen-bond acceptors (Lipinski definition) is 7. The molecule has 2 aliphatic rings. The van der Waals surface area contributed by atoms with E-state index in [0.29, 0.717) is 27.9 Å². The lowest BCUT2D eigenvalue weighted by Crippen LogP contribution is -2.53. The van der Waals surface area contributed by atoms with Gasteiger partial charge in [-0.05, 0) is 24.3 Å². The second-order valence-corrected chi connectivity index (χ2v) is 8.16. The van der Waals surface area contributed by atoms with E-state index in [9.17, 15) is 19.7 Å². The van der Waals surface area contributed by atoms with Crippen LogP contribution in [0.5, 0.6) is 5.75 Å². The van der Waals surface area contributed by atoms with Crippen molar-refractivity contribution in [2.24, 2.45) is 0 Å². The third-order valence-corrected chi connectivity index (χ3v) is 5.91. The van der Waals surface area contributed by atoms with Crippen molar-refractivity contribution in [2.45, 2.75) is 22.5 Å². The first-order valence-corrected chi connectivity index (χ1v) is 10.2. The van der Waals surface area contributed by atoms with E-state index >= 15 is 0 Å². The highest BCUT2D eigenvalue weighted by Gasteiger charge is 2.38. The molecule has 1 aromatic carbocycles. The van der Waals surface area contributed by atoms with E-state index in [1.807, 2.05) is 12.3 Å². The molecule has 2 heterocycles. The number of carboxylic acids is 1. The number of fused-ring (bicyclic) bond motifs is 1. The van der Waals surface area contributed by atoms with Gasteiger partial charge in [-0.15, -0.1) is 11.8 Å². The summed E-state index contributed by atoms with van der Waals surface area (Å²) in [5.41, 5.74) is 0.760. The van der Waals surface area contributed by atoms with Crippen LogP contribution in [0.15, 0.2) is 17.0 Å². The molecule has 1 unspecified atom stereocenters. The van der Waals surface area contributed by atoms with Gasteiger partial charge in [0.05, 0.1) is 11.7 Å². The van der Waals surface area contributed by atoms with Crippen molar-refractivity contribution in [3.05, 3.63) is 23.3 Å².